The minimum Gasteiger partial charge on any atom is -0.508 e. The summed E-state index contributed by atoms with van der Waals surface area (Å²) in [6.45, 7) is 12.9. The van der Waals surface area contributed by atoms with E-state index in [2.05, 4.69) is 32.9 Å². The van der Waals surface area contributed by atoms with Crippen molar-refractivity contribution in [1.82, 2.24) is 0 Å². The third-order valence-electron chi connectivity index (χ3n) is 6.84. The van der Waals surface area contributed by atoms with Crippen LogP contribution >= 0.6 is 0 Å². The molecule has 1 atom stereocenters. The van der Waals surface area contributed by atoms with E-state index in [4.69, 9.17) is 4.74 Å². The first-order valence-corrected chi connectivity index (χ1v) is 12.1. The number of aromatic hydroxyl groups is 1. The Labute approximate surface area is 195 Å². The number of carbonyl (C=O) groups is 1. The van der Waals surface area contributed by atoms with Gasteiger partial charge in [-0.3, -0.25) is 4.79 Å². The molecular formula is C29H42O3. The predicted octanol–water partition coefficient (Wildman–Crippen LogP) is 7.74. The number of ether oxygens (including phenoxy) is 1. The fraction of sp³-hybridized carbons (Fsp3) is 0.552. The molecule has 1 N–H and O–H groups in total. The van der Waals surface area contributed by atoms with Crippen LogP contribution in [0.3, 0.4) is 0 Å². The van der Waals surface area contributed by atoms with E-state index in [0.717, 1.165) is 25.7 Å². The first kappa shape index (κ1) is 26.0. The van der Waals surface area contributed by atoms with Crippen LogP contribution in [-0.4, -0.2) is 11.1 Å². The van der Waals surface area contributed by atoms with E-state index in [9.17, 15) is 9.90 Å². The summed E-state index contributed by atoms with van der Waals surface area (Å²) < 4.78 is 5.54. The Morgan fingerprint density at radius 1 is 0.875 bits per heavy atom. The molecule has 176 valence electrons. The maximum Gasteiger partial charge on any atom is 0.316 e. The van der Waals surface area contributed by atoms with E-state index >= 15 is 0 Å². The molecule has 2 rings (SSSR count). The van der Waals surface area contributed by atoms with Gasteiger partial charge in [0.2, 0.25) is 0 Å². The Balaban J connectivity index is 1.74. The molecule has 2 aromatic carbocycles. The van der Waals surface area contributed by atoms with E-state index in [0.29, 0.717) is 22.8 Å². The number of benzene rings is 2. The smallest absolute Gasteiger partial charge is 0.316 e. The number of phenols is 1. The molecular weight excluding hydrogens is 396 g/mol. The summed E-state index contributed by atoms with van der Waals surface area (Å²) in [7, 11) is 0. The highest BCUT2D eigenvalue weighted by atomic mass is 16.5. The molecule has 0 saturated carbocycles. The average Bonchev–Trinajstić information content (AvgIpc) is 2.77. The van der Waals surface area contributed by atoms with Crippen molar-refractivity contribution < 1.29 is 14.6 Å². The van der Waals surface area contributed by atoms with Gasteiger partial charge in [0, 0.05) is 0 Å². The van der Waals surface area contributed by atoms with E-state index in [1.807, 2.05) is 45.0 Å². The second-order valence-corrected chi connectivity index (χ2v) is 10.8. The Bertz CT molecular complexity index is 832. The summed E-state index contributed by atoms with van der Waals surface area (Å²) in [5.41, 5.74) is 2.42. The number of phenolic OH excluding ortho intramolecular Hbond substituents is 1. The van der Waals surface area contributed by atoms with Crippen molar-refractivity contribution in [2.24, 2.45) is 16.7 Å². The summed E-state index contributed by atoms with van der Waals surface area (Å²) in [6.07, 6.45) is 7.61. The molecule has 0 bridgehead atoms. The van der Waals surface area contributed by atoms with Gasteiger partial charge in [0.05, 0.1) is 5.41 Å². The van der Waals surface area contributed by atoms with Crippen LogP contribution in [-0.2, 0) is 17.6 Å². The van der Waals surface area contributed by atoms with Gasteiger partial charge < -0.3 is 9.84 Å². The zero-order valence-electron chi connectivity index (χ0n) is 20.9. The van der Waals surface area contributed by atoms with Crippen LogP contribution in [0.4, 0.5) is 0 Å². The normalized spacial score (nSPS) is 13.1. The minimum absolute atomic E-state index is 0.173. The van der Waals surface area contributed by atoms with Crippen molar-refractivity contribution in [3.05, 3.63) is 59.7 Å². The van der Waals surface area contributed by atoms with Crippen molar-refractivity contribution in [2.45, 2.75) is 86.5 Å². The van der Waals surface area contributed by atoms with Gasteiger partial charge >= 0.3 is 5.97 Å². The number of rotatable bonds is 12. The zero-order valence-corrected chi connectivity index (χ0v) is 20.9. The van der Waals surface area contributed by atoms with Crippen LogP contribution in [0.25, 0.3) is 0 Å². The van der Waals surface area contributed by atoms with Crippen molar-refractivity contribution in [1.29, 1.82) is 0 Å². The van der Waals surface area contributed by atoms with Crippen LogP contribution < -0.4 is 4.74 Å². The summed E-state index contributed by atoms with van der Waals surface area (Å²) in [6, 6.07) is 15.6. The lowest BCUT2D eigenvalue weighted by molar-refractivity contribution is -0.144. The highest BCUT2D eigenvalue weighted by molar-refractivity contribution is 5.78. The van der Waals surface area contributed by atoms with Gasteiger partial charge in [0.25, 0.3) is 0 Å². The Morgan fingerprint density at radius 2 is 1.44 bits per heavy atom. The molecule has 3 heteroatoms. The van der Waals surface area contributed by atoms with E-state index in [-0.39, 0.29) is 5.97 Å². The lowest BCUT2D eigenvalue weighted by atomic mass is 9.79. The van der Waals surface area contributed by atoms with Gasteiger partial charge in [-0.2, -0.15) is 0 Å². The van der Waals surface area contributed by atoms with Crippen molar-refractivity contribution in [3.8, 4) is 11.5 Å². The van der Waals surface area contributed by atoms with Gasteiger partial charge in [-0.25, -0.2) is 0 Å². The van der Waals surface area contributed by atoms with E-state index < -0.39 is 5.41 Å². The molecule has 0 radical (unpaired) electrons. The Morgan fingerprint density at radius 3 is 2.03 bits per heavy atom. The van der Waals surface area contributed by atoms with Crippen molar-refractivity contribution in [2.75, 3.05) is 0 Å². The van der Waals surface area contributed by atoms with Gasteiger partial charge in [0.15, 0.2) is 0 Å². The lowest BCUT2D eigenvalue weighted by Gasteiger charge is -2.26. The van der Waals surface area contributed by atoms with Gasteiger partial charge in [0.1, 0.15) is 11.5 Å². The van der Waals surface area contributed by atoms with Crippen LogP contribution in [0, 0.1) is 16.7 Å². The van der Waals surface area contributed by atoms with Crippen LogP contribution in [0.2, 0.25) is 0 Å². The summed E-state index contributed by atoms with van der Waals surface area (Å²) in [5.74, 6) is 1.47. The topological polar surface area (TPSA) is 46.5 Å². The third kappa shape index (κ3) is 8.68. The summed E-state index contributed by atoms with van der Waals surface area (Å²) >= 11 is 0. The standard InChI is InChI=1S/C29H42O3/c1-7-29(5,6)27(31)32-26-16-12-24(13-17-26)19-21-28(3,4)20-18-22(2)8-9-23-10-14-25(30)15-11-23/h10-17,22,30H,7-9,18-21H2,1-6H3. The highest BCUT2D eigenvalue weighted by Crippen LogP contribution is 2.32. The van der Waals surface area contributed by atoms with Crippen LogP contribution in [0.1, 0.15) is 84.8 Å². The van der Waals surface area contributed by atoms with E-state index in [1.165, 1.54) is 30.4 Å². The zero-order chi connectivity index (χ0) is 23.8. The number of esters is 1. The molecule has 0 aliphatic rings. The molecule has 0 fully saturated rings. The fourth-order valence-electron chi connectivity index (χ4n) is 3.58. The summed E-state index contributed by atoms with van der Waals surface area (Å²) in [4.78, 5) is 12.2. The molecule has 0 saturated heterocycles. The van der Waals surface area contributed by atoms with Gasteiger partial charge in [-0.15, -0.1) is 0 Å². The number of hydrogen-bond acceptors (Lipinski definition) is 3. The van der Waals surface area contributed by atoms with Crippen LogP contribution in [0.5, 0.6) is 11.5 Å². The number of aryl methyl sites for hydroxylation is 2. The van der Waals surface area contributed by atoms with Gasteiger partial charge in [-0.05, 0) is 99.1 Å². The molecule has 0 aromatic heterocycles. The molecule has 32 heavy (non-hydrogen) atoms. The maximum atomic E-state index is 12.2. The second kappa shape index (κ2) is 11.5. The van der Waals surface area contributed by atoms with E-state index in [1.54, 1.807) is 12.1 Å². The molecule has 0 amide bonds. The fourth-order valence-corrected chi connectivity index (χ4v) is 3.58. The monoisotopic (exact) mass is 438 g/mol. The Kier molecular flexibility index (Phi) is 9.36. The second-order valence-electron chi connectivity index (χ2n) is 10.8. The van der Waals surface area contributed by atoms with Gasteiger partial charge in [-0.1, -0.05) is 58.4 Å². The minimum atomic E-state index is -0.454. The van der Waals surface area contributed by atoms with Crippen molar-refractivity contribution in [3.63, 3.8) is 0 Å². The molecule has 2 aromatic rings. The molecule has 0 heterocycles. The summed E-state index contributed by atoms with van der Waals surface area (Å²) in [5, 5.41) is 9.41. The average molecular weight is 439 g/mol. The predicted molar refractivity (Wildman–Crippen MR) is 133 cm³/mol. The largest absolute Gasteiger partial charge is 0.508 e. The van der Waals surface area contributed by atoms with Crippen molar-refractivity contribution >= 4 is 5.97 Å². The number of hydrogen-bond donors (Lipinski definition) is 1. The third-order valence-corrected chi connectivity index (χ3v) is 6.84. The molecule has 1 unspecified atom stereocenters. The SMILES string of the molecule is CCC(C)(C)C(=O)Oc1ccc(CCC(C)(C)CCC(C)CCc2ccc(O)cc2)cc1. The lowest BCUT2D eigenvalue weighted by Crippen LogP contribution is -2.28. The van der Waals surface area contributed by atoms with Crippen LogP contribution in [0.15, 0.2) is 48.5 Å². The molecule has 0 aliphatic heterocycles. The maximum absolute atomic E-state index is 12.2. The molecule has 3 nitrogen and oxygen atoms in total. The quantitative estimate of drug-likeness (QED) is 0.272. The Hall–Kier alpha value is -2.29. The highest BCUT2D eigenvalue weighted by Gasteiger charge is 2.27. The first-order chi connectivity index (χ1) is 15.0. The first-order valence-electron chi connectivity index (χ1n) is 12.1. The molecule has 0 aliphatic carbocycles. The number of carbonyl (C=O) groups excluding carboxylic acids is 1. The molecule has 0 spiro atoms.